The minimum absolute atomic E-state index is 0.260. The van der Waals surface area contributed by atoms with Crippen molar-refractivity contribution in [1.82, 2.24) is 5.32 Å². The van der Waals surface area contributed by atoms with E-state index in [9.17, 15) is 4.79 Å². The third-order valence-corrected chi connectivity index (χ3v) is 3.13. The molecule has 0 unspecified atom stereocenters. The number of carbonyl (C=O) groups excluding carboxylic acids is 1. The molecule has 122 valence electrons. The SMILES string of the molecule is C=CCc1ccccc1OCC#CCNC(=O)Nc1ccccc1. The van der Waals surface area contributed by atoms with Crippen molar-refractivity contribution >= 4 is 11.7 Å². The molecule has 4 nitrogen and oxygen atoms in total. The highest BCUT2D eigenvalue weighted by Crippen LogP contribution is 2.18. The Balaban J connectivity index is 1.71. The first-order chi connectivity index (χ1) is 11.8. The second-order valence-electron chi connectivity index (χ2n) is 4.92. The van der Waals surface area contributed by atoms with Crippen molar-refractivity contribution in [2.75, 3.05) is 18.5 Å². The van der Waals surface area contributed by atoms with E-state index in [0.717, 1.165) is 23.4 Å². The number of carbonyl (C=O) groups is 1. The van der Waals surface area contributed by atoms with E-state index in [1.165, 1.54) is 0 Å². The topological polar surface area (TPSA) is 50.4 Å². The summed E-state index contributed by atoms with van der Waals surface area (Å²) in [5.74, 6) is 6.55. The van der Waals surface area contributed by atoms with Crippen LogP contribution in [0.2, 0.25) is 0 Å². The molecule has 0 spiro atoms. The molecule has 0 atom stereocenters. The third kappa shape index (κ3) is 5.90. The highest BCUT2D eigenvalue weighted by Gasteiger charge is 2.00. The molecule has 0 saturated carbocycles. The van der Waals surface area contributed by atoms with Crippen LogP contribution in [0.25, 0.3) is 0 Å². The number of hydrogen-bond donors (Lipinski definition) is 2. The van der Waals surface area contributed by atoms with Gasteiger partial charge in [-0.25, -0.2) is 4.79 Å². The lowest BCUT2D eigenvalue weighted by Gasteiger charge is -2.07. The van der Waals surface area contributed by atoms with Crippen LogP contribution in [0.1, 0.15) is 5.56 Å². The summed E-state index contributed by atoms with van der Waals surface area (Å²) in [7, 11) is 0. The van der Waals surface area contributed by atoms with Gasteiger partial charge in [-0.05, 0) is 30.2 Å². The maximum atomic E-state index is 11.7. The quantitative estimate of drug-likeness (QED) is 0.631. The molecule has 0 aliphatic heterocycles. The van der Waals surface area contributed by atoms with Crippen molar-refractivity contribution in [3.63, 3.8) is 0 Å². The van der Waals surface area contributed by atoms with E-state index >= 15 is 0 Å². The molecule has 2 amide bonds. The Morgan fingerprint density at radius 2 is 1.83 bits per heavy atom. The van der Waals surface area contributed by atoms with Crippen LogP contribution in [-0.4, -0.2) is 19.2 Å². The van der Waals surface area contributed by atoms with Gasteiger partial charge in [0.1, 0.15) is 12.4 Å². The van der Waals surface area contributed by atoms with Gasteiger partial charge < -0.3 is 15.4 Å². The van der Waals surface area contributed by atoms with Crippen molar-refractivity contribution in [3.8, 4) is 17.6 Å². The number of hydrogen-bond acceptors (Lipinski definition) is 2. The molecule has 0 saturated heterocycles. The predicted molar refractivity (Wildman–Crippen MR) is 97.1 cm³/mol. The van der Waals surface area contributed by atoms with Crippen LogP contribution in [0.5, 0.6) is 5.75 Å². The molecule has 0 bridgehead atoms. The fourth-order valence-electron chi connectivity index (χ4n) is 2.02. The van der Waals surface area contributed by atoms with Crippen molar-refractivity contribution < 1.29 is 9.53 Å². The molecular weight excluding hydrogens is 300 g/mol. The van der Waals surface area contributed by atoms with Gasteiger partial charge in [-0.2, -0.15) is 0 Å². The van der Waals surface area contributed by atoms with Crippen molar-refractivity contribution in [3.05, 3.63) is 72.8 Å². The second kappa shape index (κ2) is 9.75. The Morgan fingerprint density at radius 1 is 1.08 bits per heavy atom. The molecule has 4 heteroatoms. The Hall–Kier alpha value is -3.19. The normalized spacial score (nSPS) is 9.33. The number of anilines is 1. The Morgan fingerprint density at radius 3 is 2.62 bits per heavy atom. The number of para-hydroxylation sites is 2. The van der Waals surface area contributed by atoms with Crippen LogP contribution in [0, 0.1) is 11.8 Å². The molecule has 2 rings (SSSR count). The fourth-order valence-corrected chi connectivity index (χ4v) is 2.02. The zero-order valence-corrected chi connectivity index (χ0v) is 13.4. The van der Waals surface area contributed by atoms with E-state index in [2.05, 4.69) is 29.1 Å². The molecule has 2 aromatic rings. The number of nitrogens with one attached hydrogen (secondary N) is 2. The Labute approximate surface area is 142 Å². The van der Waals surface area contributed by atoms with E-state index in [-0.39, 0.29) is 19.2 Å². The third-order valence-electron chi connectivity index (χ3n) is 3.13. The Kier molecular flexibility index (Phi) is 6.98. The number of ether oxygens (including phenoxy) is 1. The second-order valence-corrected chi connectivity index (χ2v) is 4.92. The van der Waals surface area contributed by atoms with Crippen molar-refractivity contribution in [2.45, 2.75) is 6.42 Å². The minimum Gasteiger partial charge on any atom is -0.481 e. The minimum atomic E-state index is -0.284. The molecule has 0 aliphatic rings. The van der Waals surface area contributed by atoms with Gasteiger partial charge in [0.15, 0.2) is 0 Å². The molecule has 0 heterocycles. The summed E-state index contributed by atoms with van der Waals surface area (Å²) in [5, 5.41) is 5.39. The zero-order valence-electron chi connectivity index (χ0n) is 13.4. The summed E-state index contributed by atoms with van der Waals surface area (Å²) in [6.45, 7) is 4.27. The van der Waals surface area contributed by atoms with Gasteiger partial charge in [0.05, 0.1) is 6.54 Å². The van der Waals surface area contributed by atoms with Crippen LogP contribution < -0.4 is 15.4 Å². The van der Waals surface area contributed by atoms with E-state index in [1.807, 2.05) is 60.7 Å². The molecule has 0 fully saturated rings. The first kappa shape index (κ1) is 17.2. The number of benzene rings is 2. The summed E-state index contributed by atoms with van der Waals surface area (Å²) in [4.78, 5) is 11.7. The smallest absolute Gasteiger partial charge is 0.319 e. The average molecular weight is 320 g/mol. The van der Waals surface area contributed by atoms with Crippen LogP contribution in [0.3, 0.4) is 0 Å². The number of amides is 2. The zero-order chi connectivity index (χ0) is 17.0. The van der Waals surface area contributed by atoms with E-state index in [1.54, 1.807) is 0 Å². The van der Waals surface area contributed by atoms with Gasteiger partial charge in [-0.15, -0.1) is 6.58 Å². The summed E-state index contributed by atoms with van der Waals surface area (Å²) in [5.41, 5.74) is 1.82. The van der Waals surface area contributed by atoms with Crippen LogP contribution >= 0.6 is 0 Å². The number of rotatable bonds is 6. The van der Waals surface area contributed by atoms with Gasteiger partial charge in [-0.3, -0.25) is 0 Å². The molecule has 0 radical (unpaired) electrons. The van der Waals surface area contributed by atoms with Gasteiger partial charge in [0, 0.05) is 5.69 Å². The maximum Gasteiger partial charge on any atom is 0.319 e. The van der Waals surface area contributed by atoms with Crippen molar-refractivity contribution in [1.29, 1.82) is 0 Å². The number of allylic oxidation sites excluding steroid dienone is 1. The van der Waals surface area contributed by atoms with E-state index in [0.29, 0.717) is 0 Å². The summed E-state index contributed by atoms with van der Waals surface area (Å²) in [6, 6.07) is 16.8. The highest BCUT2D eigenvalue weighted by atomic mass is 16.5. The molecule has 24 heavy (non-hydrogen) atoms. The fraction of sp³-hybridized carbons (Fsp3) is 0.150. The lowest BCUT2D eigenvalue weighted by Crippen LogP contribution is -2.28. The lowest BCUT2D eigenvalue weighted by atomic mass is 10.1. The standard InChI is InChI=1S/C20H20N2O2/c1-2-10-17-11-6-7-14-19(17)24-16-9-8-15-21-20(23)22-18-12-4-3-5-13-18/h2-7,11-14H,1,10,15-16H2,(H2,21,22,23). The first-order valence-electron chi connectivity index (χ1n) is 7.67. The number of urea groups is 1. The van der Waals surface area contributed by atoms with Gasteiger partial charge in [0.2, 0.25) is 0 Å². The summed E-state index contributed by atoms with van der Waals surface area (Å²) in [6.07, 6.45) is 2.59. The van der Waals surface area contributed by atoms with Gasteiger partial charge in [-0.1, -0.05) is 54.3 Å². The largest absolute Gasteiger partial charge is 0.481 e. The maximum absolute atomic E-state index is 11.7. The molecule has 0 aromatic heterocycles. The molecule has 2 aromatic carbocycles. The summed E-state index contributed by atoms with van der Waals surface area (Å²) >= 11 is 0. The van der Waals surface area contributed by atoms with E-state index < -0.39 is 0 Å². The molecule has 0 aliphatic carbocycles. The summed E-state index contributed by atoms with van der Waals surface area (Å²) < 4.78 is 5.64. The monoisotopic (exact) mass is 320 g/mol. The van der Waals surface area contributed by atoms with Gasteiger partial charge >= 0.3 is 6.03 Å². The van der Waals surface area contributed by atoms with Crippen LogP contribution in [-0.2, 0) is 6.42 Å². The highest BCUT2D eigenvalue weighted by molar-refractivity contribution is 5.89. The molecule has 2 N–H and O–H groups in total. The van der Waals surface area contributed by atoms with E-state index in [4.69, 9.17) is 4.74 Å². The first-order valence-corrected chi connectivity index (χ1v) is 7.67. The molecular formula is C20H20N2O2. The van der Waals surface area contributed by atoms with Crippen molar-refractivity contribution in [2.24, 2.45) is 0 Å². The van der Waals surface area contributed by atoms with Gasteiger partial charge in [0.25, 0.3) is 0 Å². The van der Waals surface area contributed by atoms with Crippen LogP contribution in [0.15, 0.2) is 67.3 Å². The predicted octanol–water partition coefficient (Wildman–Crippen LogP) is 3.62. The van der Waals surface area contributed by atoms with Crippen LogP contribution in [0.4, 0.5) is 10.5 Å². The Bertz CT molecular complexity index is 730. The lowest BCUT2D eigenvalue weighted by molar-refractivity contribution is 0.253. The average Bonchev–Trinajstić information content (AvgIpc) is 2.60.